The third kappa shape index (κ3) is 3.12. The fourth-order valence-electron chi connectivity index (χ4n) is 1.76. The maximum absolute atomic E-state index is 12.1. The maximum Gasteiger partial charge on any atom is 0.272 e. The Labute approximate surface area is 106 Å². The Morgan fingerprint density at radius 2 is 2.24 bits per heavy atom. The second-order valence-corrected chi connectivity index (χ2v) is 5.09. The summed E-state index contributed by atoms with van der Waals surface area (Å²) >= 11 is 1.90. The molecule has 1 saturated heterocycles. The lowest BCUT2D eigenvalue weighted by molar-refractivity contribution is 0.0766. The number of pyridine rings is 1. The molecule has 0 bridgehead atoms. The van der Waals surface area contributed by atoms with Crippen LogP contribution in [0.5, 0.6) is 0 Å². The number of aromatic nitrogens is 1. The number of anilines is 1. The van der Waals surface area contributed by atoms with Gasteiger partial charge in [0.05, 0.1) is 11.9 Å². The highest BCUT2D eigenvalue weighted by Crippen LogP contribution is 2.13. The smallest absolute Gasteiger partial charge is 0.272 e. The van der Waals surface area contributed by atoms with E-state index in [9.17, 15) is 4.79 Å². The Bertz CT molecular complexity index is 374. The number of rotatable bonds is 3. The molecule has 0 saturated carbocycles. The first-order valence-corrected chi connectivity index (χ1v) is 7.03. The zero-order valence-electron chi connectivity index (χ0n) is 9.98. The maximum atomic E-state index is 12.1. The Hall–Kier alpha value is -1.23. The molecular formula is C12H17N3OS. The first-order chi connectivity index (χ1) is 8.31. The minimum Gasteiger partial charge on any atom is -0.384 e. The molecule has 1 aromatic rings. The number of thioether (sulfide) groups is 1. The minimum atomic E-state index is 0.0494. The second-order valence-electron chi connectivity index (χ2n) is 3.87. The normalized spacial score (nSPS) is 15.7. The fraction of sp³-hybridized carbons (Fsp3) is 0.500. The minimum absolute atomic E-state index is 0.0494. The molecule has 0 aromatic carbocycles. The van der Waals surface area contributed by atoms with Crippen molar-refractivity contribution in [3.05, 3.63) is 24.0 Å². The van der Waals surface area contributed by atoms with E-state index in [1.807, 2.05) is 29.7 Å². The van der Waals surface area contributed by atoms with E-state index in [0.29, 0.717) is 5.69 Å². The molecule has 1 aromatic heterocycles. The summed E-state index contributed by atoms with van der Waals surface area (Å²) in [4.78, 5) is 18.2. The molecule has 2 rings (SSSR count). The van der Waals surface area contributed by atoms with Gasteiger partial charge in [0.25, 0.3) is 5.91 Å². The standard InChI is InChI=1S/C12H17N3OS/c1-2-13-10-3-4-11(14-9-10)12(16)15-5-7-17-8-6-15/h3-4,9,13H,2,5-8H2,1H3. The average Bonchev–Trinajstić information content (AvgIpc) is 2.40. The first-order valence-electron chi connectivity index (χ1n) is 5.88. The first kappa shape index (κ1) is 12.2. The number of hydrogen-bond acceptors (Lipinski definition) is 4. The van der Waals surface area contributed by atoms with Crippen molar-refractivity contribution >= 4 is 23.4 Å². The lowest BCUT2D eigenvalue weighted by Crippen LogP contribution is -2.38. The molecule has 0 aliphatic carbocycles. The van der Waals surface area contributed by atoms with Crippen molar-refractivity contribution in [1.82, 2.24) is 9.88 Å². The summed E-state index contributed by atoms with van der Waals surface area (Å²) < 4.78 is 0. The van der Waals surface area contributed by atoms with Crippen LogP contribution in [-0.2, 0) is 0 Å². The highest BCUT2D eigenvalue weighted by Gasteiger charge is 2.19. The van der Waals surface area contributed by atoms with E-state index >= 15 is 0 Å². The van der Waals surface area contributed by atoms with Crippen LogP contribution in [0, 0.1) is 0 Å². The predicted molar refractivity (Wildman–Crippen MR) is 71.6 cm³/mol. The van der Waals surface area contributed by atoms with E-state index in [4.69, 9.17) is 0 Å². The van der Waals surface area contributed by atoms with Crippen molar-refractivity contribution in [3.63, 3.8) is 0 Å². The van der Waals surface area contributed by atoms with Gasteiger partial charge in [-0.2, -0.15) is 11.8 Å². The average molecular weight is 251 g/mol. The van der Waals surface area contributed by atoms with Gasteiger partial charge >= 0.3 is 0 Å². The SMILES string of the molecule is CCNc1ccc(C(=O)N2CCSCC2)nc1. The van der Waals surface area contributed by atoms with Crippen LogP contribution in [0.15, 0.2) is 18.3 Å². The Morgan fingerprint density at radius 3 is 2.82 bits per heavy atom. The van der Waals surface area contributed by atoms with Gasteiger partial charge in [0.15, 0.2) is 0 Å². The molecule has 1 aliphatic heterocycles. The van der Waals surface area contributed by atoms with Crippen LogP contribution in [-0.4, -0.2) is 46.9 Å². The number of nitrogens with one attached hydrogen (secondary N) is 1. The molecule has 5 heteroatoms. The molecule has 0 spiro atoms. The topological polar surface area (TPSA) is 45.2 Å². The highest BCUT2D eigenvalue weighted by atomic mass is 32.2. The van der Waals surface area contributed by atoms with E-state index in [1.54, 1.807) is 12.3 Å². The van der Waals surface area contributed by atoms with E-state index in [1.165, 1.54) is 0 Å². The summed E-state index contributed by atoms with van der Waals surface area (Å²) in [5, 5.41) is 3.16. The Kier molecular flexibility index (Phi) is 4.25. The van der Waals surface area contributed by atoms with Crippen molar-refractivity contribution in [1.29, 1.82) is 0 Å². The van der Waals surface area contributed by atoms with Crippen LogP contribution in [0.1, 0.15) is 17.4 Å². The number of nitrogens with zero attached hydrogens (tertiary/aromatic N) is 2. The van der Waals surface area contributed by atoms with Crippen LogP contribution >= 0.6 is 11.8 Å². The van der Waals surface area contributed by atoms with Gasteiger partial charge in [-0.1, -0.05) is 0 Å². The van der Waals surface area contributed by atoms with Crippen molar-refractivity contribution in [2.24, 2.45) is 0 Å². The number of hydrogen-bond donors (Lipinski definition) is 1. The molecular weight excluding hydrogens is 234 g/mol. The molecule has 92 valence electrons. The van der Waals surface area contributed by atoms with Crippen molar-refractivity contribution in [2.75, 3.05) is 36.5 Å². The zero-order chi connectivity index (χ0) is 12.1. The van der Waals surface area contributed by atoms with Gasteiger partial charge < -0.3 is 10.2 Å². The highest BCUT2D eigenvalue weighted by molar-refractivity contribution is 7.99. The quantitative estimate of drug-likeness (QED) is 0.888. The van der Waals surface area contributed by atoms with Gasteiger partial charge in [0.1, 0.15) is 5.69 Å². The molecule has 17 heavy (non-hydrogen) atoms. The summed E-state index contributed by atoms with van der Waals surface area (Å²) in [5.41, 5.74) is 1.50. The van der Waals surface area contributed by atoms with E-state index in [2.05, 4.69) is 10.3 Å². The third-order valence-electron chi connectivity index (χ3n) is 2.66. The number of amides is 1. The molecule has 0 atom stereocenters. The Morgan fingerprint density at radius 1 is 1.47 bits per heavy atom. The number of carbonyl (C=O) groups is 1. The third-order valence-corrected chi connectivity index (χ3v) is 3.60. The van der Waals surface area contributed by atoms with Crippen LogP contribution in [0.4, 0.5) is 5.69 Å². The molecule has 0 radical (unpaired) electrons. The van der Waals surface area contributed by atoms with Gasteiger partial charge in [0.2, 0.25) is 0 Å². The van der Waals surface area contributed by atoms with Crippen LogP contribution in [0.3, 0.4) is 0 Å². The Balaban J connectivity index is 2.03. The molecule has 1 aliphatic rings. The zero-order valence-corrected chi connectivity index (χ0v) is 10.8. The van der Waals surface area contributed by atoms with Crippen LogP contribution in [0.25, 0.3) is 0 Å². The van der Waals surface area contributed by atoms with Gasteiger partial charge in [-0.3, -0.25) is 4.79 Å². The fourth-order valence-corrected chi connectivity index (χ4v) is 2.66. The van der Waals surface area contributed by atoms with Gasteiger partial charge in [-0.25, -0.2) is 4.98 Å². The van der Waals surface area contributed by atoms with E-state index < -0.39 is 0 Å². The molecule has 1 amide bonds. The summed E-state index contributed by atoms with van der Waals surface area (Å²) in [5.74, 6) is 2.11. The van der Waals surface area contributed by atoms with Gasteiger partial charge in [-0.05, 0) is 19.1 Å². The molecule has 4 nitrogen and oxygen atoms in total. The van der Waals surface area contributed by atoms with Gasteiger partial charge in [0, 0.05) is 31.1 Å². The van der Waals surface area contributed by atoms with E-state index in [0.717, 1.165) is 36.8 Å². The van der Waals surface area contributed by atoms with Gasteiger partial charge in [-0.15, -0.1) is 0 Å². The molecule has 0 unspecified atom stereocenters. The lowest BCUT2D eigenvalue weighted by Gasteiger charge is -2.26. The largest absolute Gasteiger partial charge is 0.384 e. The van der Waals surface area contributed by atoms with Crippen LogP contribution in [0.2, 0.25) is 0 Å². The summed E-state index contributed by atoms with van der Waals surface area (Å²) in [6.45, 7) is 4.56. The predicted octanol–water partition coefficient (Wildman–Crippen LogP) is 1.70. The molecule has 1 fully saturated rings. The molecule has 1 N–H and O–H groups in total. The summed E-state index contributed by atoms with van der Waals surface area (Å²) in [6.07, 6.45) is 1.72. The van der Waals surface area contributed by atoms with E-state index in [-0.39, 0.29) is 5.91 Å². The van der Waals surface area contributed by atoms with Crippen molar-refractivity contribution in [2.45, 2.75) is 6.92 Å². The van der Waals surface area contributed by atoms with Crippen LogP contribution < -0.4 is 5.32 Å². The summed E-state index contributed by atoms with van der Waals surface area (Å²) in [7, 11) is 0. The van der Waals surface area contributed by atoms with Crippen molar-refractivity contribution < 1.29 is 4.79 Å². The monoisotopic (exact) mass is 251 g/mol. The summed E-state index contributed by atoms with van der Waals surface area (Å²) in [6, 6.07) is 3.70. The second kappa shape index (κ2) is 5.91. The molecule has 2 heterocycles. The van der Waals surface area contributed by atoms with Crippen molar-refractivity contribution in [3.8, 4) is 0 Å². The lowest BCUT2D eigenvalue weighted by atomic mass is 10.3. The number of carbonyl (C=O) groups excluding carboxylic acids is 1.